The lowest BCUT2D eigenvalue weighted by molar-refractivity contribution is 0.0337. The second-order valence-corrected chi connectivity index (χ2v) is 6.11. The van der Waals surface area contributed by atoms with Crippen LogP contribution < -0.4 is 0 Å². The van der Waals surface area contributed by atoms with Gasteiger partial charge in [0.05, 0.1) is 18.7 Å². The van der Waals surface area contributed by atoms with Crippen molar-refractivity contribution >= 4 is 11.2 Å². The highest BCUT2D eigenvalue weighted by molar-refractivity contribution is 5.78. The van der Waals surface area contributed by atoms with E-state index < -0.39 is 0 Å². The van der Waals surface area contributed by atoms with Crippen LogP contribution in [0.5, 0.6) is 0 Å². The third-order valence-electron chi connectivity index (χ3n) is 4.42. The second-order valence-electron chi connectivity index (χ2n) is 6.11. The number of aryl methyl sites for hydroxylation is 1. The van der Waals surface area contributed by atoms with Crippen LogP contribution in [0.15, 0.2) is 30.5 Å². The molecule has 3 heterocycles. The molecule has 6 heteroatoms. The molecule has 4 rings (SSSR count). The fourth-order valence-corrected chi connectivity index (χ4v) is 3.00. The van der Waals surface area contributed by atoms with Gasteiger partial charge in [0, 0.05) is 37.0 Å². The summed E-state index contributed by atoms with van der Waals surface area (Å²) in [6, 6.07) is 7.22. The van der Waals surface area contributed by atoms with Crippen molar-refractivity contribution < 1.29 is 9.13 Å². The number of pyridine rings is 1. The Morgan fingerprint density at radius 1 is 1.25 bits per heavy atom. The zero-order chi connectivity index (χ0) is 16.5. The molecule has 5 nitrogen and oxygen atoms in total. The predicted molar refractivity (Wildman–Crippen MR) is 90.1 cm³/mol. The molecule has 0 bridgehead atoms. The monoisotopic (exact) mass is 326 g/mol. The summed E-state index contributed by atoms with van der Waals surface area (Å²) in [5, 5.41) is 0. The van der Waals surface area contributed by atoms with Crippen molar-refractivity contribution in [1.82, 2.24) is 19.9 Å². The molecule has 0 amide bonds. The molecule has 1 aliphatic rings. The van der Waals surface area contributed by atoms with Crippen LogP contribution >= 0.6 is 0 Å². The molecule has 1 N–H and O–H groups in total. The van der Waals surface area contributed by atoms with Crippen molar-refractivity contribution in [3.8, 4) is 11.4 Å². The largest absolute Gasteiger partial charge is 0.379 e. The number of aromatic amines is 1. The van der Waals surface area contributed by atoms with Crippen molar-refractivity contribution in [2.24, 2.45) is 0 Å². The van der Waals surface area contributed by atoms with Crippen molar-refractivity contribution in [2.75, 3.05) is 26.3 Å². The van der Waals surface area contributed by atoms with E-state index in [1.54, 1.807) is 12.3 Å². The van der Waals surface area contributed by atoms with Gasteiger partial charge in [0.25, 0.3) is 0 Å². The maximum Gasteiger partial charge on any atom is 0.178 e. The van der Waals surface area contributed by atoms with Gasteiger partial charge in [-0.1, -0.05) is 12.1 Å². The number of ether oxygens (including phenoxy) is 1. The Balaban J connectivity index is 1.61. The number of imidazole rings is 1. The number of halogens is 1. The first-order chi connectivity index (χ1) is 11.7. The van der Waals surface area contributed by atoms with Crippen LogP contribution in [0.25, 0.3) is 22.6 Å². The molecule has 1 fully saturated rings. The van der Waals surface area contributed by atoms with Crippen molar-refractivity contribution in [2.45, 2.75) is 13.5 Å². The van der Waals surface area contributed by atoms with Gasteiger partial charge >= 0.3 is 0 Å². The fraction of sp³-hybridized carbons (Fsp3) is 0.333. The number of fused-ring (bicyclic) bond motifs is 1. The van der Waals surface area contributed by atoms with Gasteiger partial charge in [-0.3, -0.25) is 4.90 Å². The highest BCUT2D eigenvalue weighted by atomic mass is 19.1. The maximum atomic E-state index is 14.5. The molecule has 0 aliphatic carbocycles. The summed E-state index contributed by atoms with van der Waals surface area (Å²) in [5.41, 5.74) is 4.05. The number of H-pyrrole nitrogens is 1. The molecule has 0 saturated carbocycles. The normalized spacial score (nSPS) is 15.9. The first-order valence-electron chi connectivity index (χ1n) is 8.11. The lowest BCUT2D eigenvalue weighted by Gasteiger charge is -2.26. The van der Waals surface area contributed by atoms with Crippen LogP contribution in [0.4, 0.5) is 4.39 Å². The second kappa shape index (κ2) is 6.30. The van der Waals surface area contributed by atoms with Gasteiger partial charge in [-0.2, -0.15) is 0 Å². The summed E-state index contributed by atoms with van der Waals surface area (Å²) in [4.78, 5) is 14.2. The Bertz CT molecular complexity index is 871. The first kappa shape index (κ1) is 15.2. The number of hydrogen-bond donors (Lipinski definition) is 1. The summed E-state index contributed by atoms with van der Waals surface area (Å²) in [6.45, 7) is 5.72. The molecule has 1 aliphatic heterocycles. The van der Waals surface area contributed by atoms with Crippen molar-refractivity contribution in [3.05, 3.63) is 47.4 Å². The molecular formula is C18H19FN4O. The highest BCUT2D eigenvalue weighted by Crippen LogP contribution is 2.23. The van der Waals surface area contributed by atoms with E-state index in [0.717, 1.165) is 29.7 Å². The van der Waals surface area contributed by atoms with Gasteiger partial charge in [0.15, 0.2) is 5.65 Å². The lowest BCUT2D eigenvalue weighted by Crippen LogP contribution is -2.35. The van der Waals surface area contributed by atoms with E-state index in [9.17, 15) is 4.39 Å². The van der Waals surface area contributed by atoms with Gasteiger partial charge in [-0.05, 0) is 24.6 Å². The number of rotatable bonds is 3. The molecule has 3 aromatic rings. The number of aromatic nitrogens is 3. The van der Waals surface area contributed by atoms with E-state index in [2.05, 4.69) is 19.9 Å². The molecule has 1 aromatic carbocycles. The third kappa shape index (κ3) is 2.90. The SMILES string of the molecule is Cc1ccnc2nc(-c3ccc(CN4CCOCC4)c(F)c3)[nH]c12. The summed E-state index contributed by atoms with van der Waals surface area (Å²) >= 11 is 0. The zero-order valence-electron chi connectivity index (χ0n) is 13.6. The van der Waals surface area contributed by atoms with Crippen LogP contribution in [-0.2, 0) is 11.3 Å². The average Bonchev–Trinajstić information content (AvgIpc) is 3.03. The third-order valence-corrected chi connectivity index (χ3v) is 4.42. The van der Waals surface area contributed by atoms with Crippen LogP contribution in [0.2, 0.25) is 0 Å². The summed E-state index contributed by atoms with van der Waals surface area (Å²) in [6.07, 6.45) is 1.73. The molecule has 0 unspecified atom stereocenters. The maximum absolute atomic E-state index is 14.5. The van der Waals surface area contributed by atoms with Gasteiger partial charge in [-0.15, -0.1) is 0 Å². The quantitative estimate of drug-likeness (QED) is 0.804. The number of nitrogens with zero attached hydrogens (tertiary/aromatic N) is 3. The Morgan fingerprint density at radius 2 is 2.08 bits per heavy atom. The van der Waals surface area contributed by atoms with E-state index in [1.165, 1.54) is 0 Å². The molecule has 0 radical (unpaired) electrons. The number of hydrogen-bond acceptors (Lipinski definition) is 4. The van der Waals surface area contributed by atoms with Crippen LogP contribution in [0.3, 0.4) is 0 Å². The van der Waals surface area contributed by atoms with E-state index >= 15 is 0 Å². The molecule has 0 atom stereocenters. The molecule has 2 aromatic heterocycles. The number of benzene rings is 1. The summed E-state index contributed by atoms with van der Waals surface area (Å²) < 4.78 is 19.8. The molecule has 24 heavy (non-hydrogen) atoms. The summed E-state index contributed by atoms with van der Waals surface area (Å²) in [5.74, 6) is 0.438. The Hall–Kier alpha value is -2.31. The smallest absolute Gasteiger partial charge is 0.178 e. The van der Waals surface area contributed by atoms with Gasteiger partial charge < -0.3 is 9.72 Å². The fourth-order valence-electron chi connectivity index (χ4n) is 3.00. The zero-order valence-corrected chi connectivity index (χ0v) is 13.6. The Labute approximate surface area is 139 Å². The Kier molecular flexibility index (Phi) is 4.00. The molecule has 0 spiro atoms. The Morgan fingerprint density at radius 3 is 2.83 bits per heavy atom. The van der Waals surface area contributed by atoms with Gasteiger partial charge in [0.2, 0.25) is 0 Å². The minimum Gasteiger partial charge on any atom is -0.379 e. The van der Waals surface area contributed by atoms with Gasteiger partial charge in [0.1, 0.15) is 11.6 Å². The standard InChI is InChI=1S/C18H19FN4O/c1-12-4-5-20-18-16(12)21-17(22-18)13-2-3-14(15(19)10-13)11-23-6-8-24-9-7-23/h2-5,10H,6-9,11H2,1H3,(H,20,21,22). The van der Waals surface area contributed by atoms with E-state index in [4.69, 9.17) is 4.74 Å². The van der Waals surface area contributed by atoms with Crippen LogP contribution in [-0.4, -0.2) is 46.2 Å². The first-order valence-corrected chi connectivity index (χ1v) is 8.11. The van der Waals surface area contributed by atoms with Crippen molar-refractivity contribution in [3.63, 3.8) is 0 Å². The topological polar surface area (TPSA) is 54.0 Å². The van der Waals surface area contributed by atoms with Gasteiger partial charge in [-0.25, -0.2) is 14.4 Å². The minimum absolute atomic E-state index is 0.205. The predicted octanol–water partition coefficient (Wildman–Crippen LogP) is 2.90. The molecular weight excluding hydrogens is 307 g/mol. The molecule has 1 saturated heterocycles. The van der Waals surface area contributed by atoms with Crippen LogP contribution in [0.1, 0.15) is 11.1 Å². The van der Waals surface area contributed by atoms with E-state index in [-0.39, 0.29) is 5.82 Å². The lowest BCUT2D eigenvalue weighted by atomic mass is 10.1. The number of morpholine rings is 1. The molecule has 124 valence electrons. The van der Waals surface area contributed by atoms with Crippen molar-refractivity contribution in [1.29, 1.82) is 0 Å². The van der Waals surface area contributed by atoms with E-state index in [1.807, 2.05) is 25.1 Å². The summed E-state index contributed by atoms with van der Waals surface area (Å²) in [7, 11) is 0. The average molecular weight is 326 g/mol. The van der Waals surface area contributed by atoms with E-state index in [0.29, 0.717) is 36.8 Å². The number of nitrogens with one attached hydrogen (secondary N) is 1. The van der Waals surface area contributed by atoms with Crippen LogP contribution in [0, 0.1) is 12.7 Å². The highest BCUT2D eigenvalue weighted by Gasteiger charge is 2.15. The minimum atomic E-state index is -0.205.